The van der Waals surface area contributed by atoms with Gasteiger partial charge in [0.15, 0.2) is 0 Å². The second-order valence-corrected chi connectivity index (χ2v) is 6.15. The van der Waals surface area contributed by atoms with Gasteiger partial charge in [-0.15, -0.1) is 0 Å². The van der Waals surface area contributed by atoms with Crippen LogP contribution in [0.4, 0.5) is 10.5 Å². The van der Waals surface area contributed by atoms with Crippen molar-refractivity contribution in [1.29, 1.82) is 0 Å². The molecule has 0 saturated heterocycles. The molecule has 2 amide bonds. The molecule has 2 aliphatic carbocycles. The number of carbonyl (C=O) groups is 1. The van der Waals surface area contributed by atoms with Crippen molar-refractivity contribution in [1.82, 2.24) is 10.3 Å². The maximum Gasteiger partial charge on any atom is 0.319 e. The molecule has 2 N–H and O–H groups in total. The molecule has 108 valence electrons. The number of urea groups is 1. The third-order valence-corrected chi connectivity index (χ3v) is 4.79. The van der Waals surface area contributed by atoms with Crippen LogP contribution in [0.1, 0.15) is 44.9 Å². The molecule has 1 heterocycles. The Labute approximate surface area is 120 Å². The second kappa shape index (κ2) is 6.25. The standard InChI is InChI=1S/C16H23N3O/c20-16(19-15-6-3-9-17-11-15)18-14-8-7-12-4-1-2-5-13(12)10-14/h3,6,9,11-14H,1-2,4-5,7-8,10H2,(H2,18,19,20). The number of nitrogens with one attached hydrogen (secondary N) is 2. The van der Waals surface area contributed by atoms with Crippen molar-refractivity contribution in [3.63, 3.8) is 0 Å². The normalized spacial score (nSPS) is 29.3. The third-order valence-electron chi connectivity index (χ3n) is 4.79. The van der Waals surface area contributed by atoms with Crippen LogP contribution in [0.5, 0.6) is 0 Å². The molecule has 1 aromatic heterocycles. The molecule has 0 aliphatic heterocycles. The Balaban J connectivity index is 1.49. The van der Waals surface area contributed by atoms with Crippen molar-refractivity contribution in [2.24, 2.45) is 11.8 Å². The fraction of sp³-hybridized carbons (Fsp3) is 0.625. The Morgan fingerprint density at radius 3 is 2.80 bits per heavy atom. The van der Waals surface area contributed by atoms with Crippen molar-refractivity contribution in [3.8, 4) is 0 Å². The van der Waals surface area contributed by atoms with Crippen LogP contribution in [0, 0.1) is 11.8 Å². The van der Waals surface area contributed by atoms with E-state index in [1.165, 1.54) is 32.1 Å². The van der Waals surface area contributed by atoms with Crippen LogP contribution in [-0.4, -0.2) is 17.1 Å². The number of rotatable bonds is 2. The number of nitrogens with zero attached hydrogens (tertiary/aromatic N) is 1. The van der Waals surface area contributed by atoms with Crippen LogP contribution in [0.15, 0.2) is 24.5 Å². The van der Waals surface area contributed by atoms with Gasteiger partial charge in [0.1, 0.15) is 0 Å². The lowest BCUT2D eigenvalue weighted by Gasteiger charge is -2.39. The van der Waals surface area contributed by atoms with Gasteiger partial charge in [0.05, 0.1) is 11.9 Å². The van der Waals surface area contributed by atoms with E-state index < -0.39 is 0 Å². The van der Waals surface area contributed by atoms with Crippen molar-refractivity contribution >= 4 is 11.7 Å². The largest absolute Gasteiger partial charge is 0.335 e. The van der Waals surface area contributed by atoms with Crippen molar-refractivity contribution < 1.29 is 4.79 Å². The summed E-state index contributed by atoms with van der Waals surface area (Å²) < 4.78 is 0. The van der Waals surface area contributed by atoms with Gasteiger partial charge in [0.25, 0.3) is 0 Å². The predicted octanol–water partition coefficient (Wildman–Crippen LogP) is 3.56. The maximum absolute atomic E-state index is 12.0. The number of hydrogen-bond acceptors (Lipinski definition) is 2. The number of aromatic nitrogens is 1. The number of hydrogen-bond donors (Lipinski definition) is 2. The Bertz CT molecular complexity index is 448. The molecule has 20 heavy (non-hydrogen) atoms. The quantitative estimate of drug-likeness (QED) is 0.865. The van der Waals surface area contributed by atoms with Crippen LogP contribution in [0.2, 0.25) is 0 Å². The summed E-state index contributed by atoms with van der Waals surface area (Å²) >= 11 is 0. The molecule has 0 spiro atoms. The van der Waals surface area contributed by atoms with E-state index in [0.717, 1.165) is 30.4 Å². The third kappa shape index (κ3) is 3.30. The number of anilines is 1. The van der Waals surface area contributed by atoms with Crippen molar-refractivity contribution in [2.75, 3.05) is 5.32 Å². The van der Waals surface area contributed by atoms with E-state index in [9.17, 15) is 4.79 Å². The number of carbonyl (C=O) groups excluding carboxylic acids is 1. The average molecular weight is 273 g/mol. The maximum atomic E-state index is 12.0. The van der Waals surface area contributed by atoms with Crippen LogP contribution in [-0.2, 0) is 0 Å². The van der Waals surface area contributed by atoms with Gasteiger partial charge in [0.2, 0.25) is 0 Å². The van der Waals surface area contributed by atoms with Gasteiger partial charge in [-0.3, -0.25) is 4.98 Å². The molecule has 1 aromatic rings. The van der Waals surface area contributed by atoms with E-state index in [-0.39, 0.29) is 6.03 Å². The monoisotopic (exact) mass is 273 g/mol. The molecule has 2 fully saturated rings. The highest BCUT2D eigenvalue weighted by Gasteiger charge is 2.32. The van der Waals surface area contributed by atoms with Gasteiger partial charge < -0.3 is 10.6 Å². The van der Waals surface area contributed by atoms with Crippen LogP contribution < -0.4 is 10.6 Å². The minimum atomic E-state index is -0.0998. The zero-order valence-electron chi connectivity index (χ0n) is 11.8. The Morgan fingerprint density at radius 1 is 1.15 bits per heavy atom. The first-order valence-corrected chi connectivity index (χ1v) is 7.79. The van der Waals surface area contributed by atoms with Gasteiger partial charge in [-0.1, -0.05) is 25.7 Å². The van der Waals surface area contributed by atoms with Crippen LogP contribution in [0.25, 0.3) is 0 Å². The van der Waals surface area contributed by atoms with Crippen LogP contribution >= 0.6 is 0 Å². The minimum absolute atomic E-state index is 0.0998. The molecule has 0 bridgehead atoms. The Kier molecular flexibility index (Phi) is 4.19. The molecule has 4 nitrogen and oxygen atoms in total. The molecule has 0 radical (unpaired) electrons. The van der Waals surface area contributed by atoms with E-state index in [2.05, 4.69) is 15.6 Å². The predicted molar refractivity (Wildman–Crippen MR) is 79.5 cm³/mol. The molecule has 3 atom stereocenters. The lowest BCUT2D eigenvalue weighted by Crippen LogP contribution is -2.43. The highest BCUT2D eigenvalue weighted by Crippen LogP contribution is 2.40. The molecule has 3 rings (SSSR count). The summed E-state index contributed by atoms with van der Waals surface area (Å²) in [5.74, 6) is 1.75. The van der Waals surface area contributed by atoms with E-state index in [1.54, 1.807) is 12.4 Å². The molecule has 0 aromatic carbocycles. The summed E-state index contributed by atoms with van der Waals surface area (Å²) in [4.78, 5) is 16.0. The first-order valence-electron chi connectivity index (χ1n) is 7.79. The Hall–Kier alpha value is -1.58. The zero-order valence-corrected chi connectivity index (χ0v) is 11.8. The van der Waals surface area contributed by atoms with E-state index in [0.29, 0.717) is 6.04 Å². The topological polar surface area (TPSA) is 54.0 Å². The summed E-state index contributed by atoms with van der Waals surface area (Å²) in [7, 11) is 0. The SMILES string of the molecule is O=C(Nc1cccnc1)NC1CCC2CCCCC2C1. The molecule has 4 heteroatoms. The molecule has 2 aliphatic rings. The number of fused-ring (bicyclic) bond motifs is 1. The lowest BCUT2D eigenvalue weighted by molar-refractivity contribution is 0.146. The lowest BCUT2D eigenvalue weighted by atomic mass is 9.69. The summed E-state index contributed by atoms with van der Waals surface area (Å²) in [6.45, 7) is 0. The van der Waals surface area contributed by atoms with E-state index >= 15 is 0 Å². The first kappa shape index (κ1) is 13.4. The minimum Gasteiger partial charge on any atom is -0.335 e. The summed E-state index contributed by atoms with van der Waals surface area (Å²) in [5.41, 5.74) is 0.747. The Morgan fingerprint density at radius 2 is 2.00 bits per heavy atom. The number of pyridine rings is 1. The molecular formula is C16H23N3O. The summed E-state index contributed by atoms with van der Waals surface area (Å²) in [6.07, 6.45) is 12.5. The second-order valence-electron chi connectivity index (χ2n) is 6.15. The number of amides is 2. The van der Waals surface area contributed by atoms with E-state index in [1.807, 2.05) is 12.1 Å². The van der Waals surface area contributed by atoms with Gasteiger partial charge in [0, 0.05) is 12.2 Å². The van der Waals surface area contributed by atoms with E-state index in [4.69, 9.17) is 0 Å². The van der Waals surface area contributed by atoms with Crippen molar-refractivity contribution in [2.45, 2.75) is 51.0 Å². The van der Waals surface area contributed by atoms with Crippen molar-refractivity contribution in [3.05, 3.63) is 24.5 Å². The summed E-state index contributed by atoms with van der Waals surface area (Å²) in [6, 6.07) is 3.91. The highest BCUT2D eigenvalue weighted by atomic mass is 16.2. The molecule has 2 saturated carbocycles. The summed E-state index contributed by atoms with van der Waals surface area (Å²) in [5, 5.41) is 5.97. The van der Waals surface area contributed by atoms with Gasteiger partial charge in [-0.2, -0.15) is 0 Å². The highest BCUT2D eigenvalue weighted by molar-refractivity contribution is 5.89. The van der Waals surface area contributed by atoms with Gasteiger partial charge >= 0.3 is 6.03 Å². The fourth-order valence-corrected chi connectivity index (χ4v) is 3.79. The van der Waals surface area contributed by atoms with Gasteiger partial charge in [-0.25, -0.2) is 4.79 Å². The average Bonchev–Trinajstić information content (AvgIpc) is 2.48. The fourth-order valence-electron chi connectivity index (χ4n) is 3.79. The smallest absolute Gasteiger partial charge is 0.319 e. The van der Waals surface area contributed by atoms with Crippen LogP contribution in [0.3, 0.4) is 0 Å². The molecule has 3 unspecified atom stereocenters. The van der Waals surface area contributed by atoms with Gasteiger partial charge in [-0.05, 0) is 43.2 Å². The first-order chi connectivity index (χ1) is 9.81. The zero-order chi connectivity index (χ0) is 13.8. The molecular weight excluding hydrogens is 250 g/mol.